The summed E-state index contributed by atoms with van der Waals surface area (Å²) in [5.74, 6) is -0.422. The highest BCUT2D eigenvalue weighted by Crippen LogP contribution is 2.24. The van der Waals surface area contributed by atoms with Crippen LogP contribution in [0.2, 0.25) is 0 Å². The first-order chi connectivity index (χ1) is 15.8. The van der Waals surface area contributed by atoms with Crippen LogP contribution in [0.5, 0.6) is 0 Å². The number of amides is 1. The lowest BCUT2D eigenvalue weighted by atomic mass is 10.1. The van der Waals surface area contributed by atoms with Gasteiger partial charge in [-0.05, 0) is 36.3 Å². The molecule has 0 saturated carbocycles. The minimum Gasteiger partial charge on any atom is -0.335 e. The van der Waals surface area contributed by atoms with Crippen molar-refractivity contribution >= 4 is 33.3 Å². The summed E-state index contributed by atoms with van der Waals surface area (Å²) < 4.78 is 39.8. The van der Waals surface area contributed by atoms with Gasteiger partial charge in [0.05, 0.1) is 10.7 Å². The summed E-state index contributed by atoms with van der Waals surface area (Å²) in [7, 11) is -3.56. The largest absolute Gasteiger partial charge is 0.335 e. The number of halogens is 1. The number of piperazine rings is 1. The Labute approximate surface area is 197 Å². The van der Waals surface area contributed by atoms with E-state index in [0.717, 1.165) is 16.1 Å². The maximum Gasteiger partial charge on any atom is 0.265 e. The molecule has 0 atom stereocenters. The standard InChI is InChI=1S/C24H24FN3O3S2/c1-18-23(32-22(26-18)17-20-7-9-21(25)10-8-20)24(29)27-12-14-28(15-13-27)33(30,31)16-11-19-5-3-2-4-6-19/h2-11,16H,12-15,17H2,1H3/b16-11+. The molecule has 1 aliphatic rings. The zero-order chi connectivity index (χ0) is 23.4. The predicted molar refractivity (Wildman–Crippen MR) is 128 cm³/mol. The van der Waals surface area contributed by atoms with Gasteiger partial charge in [0.15, 0.2) is 0 Å². The second-order valence-electron chi connectivity index (χ2n) is 7.78. The first-order valence-electron chi connectivity index (χ1n) is 10.5. The van der Waals surface area contributed by atoms with E-state index in [1.807, 2.05) is 30.3 Å². The van der Waals surface area contributed by atoms with Crippen molar-refractivity contribution in [2.24, 2.45) is 0 Å². The second kappa shape index (κ2) is 9.94. The van der Waals surface area contributed by atoms with Crippen LogP contribution in [0.15, 0.2) is 60.0 Å². The number of aryl methyl sites for hydroxylation is 1. The molecule has 3 aromatic rings. The Morgan fingerprint density at radius 2 is 1.73 bits per heavy atom. The predicted octanol–water partition coefficient (Wildman–Crippen LogP) is 3.94. The number of hydrogen-bond donors (Lipinski definition) is 0. The Balaban J connectivity index is 1.38. The SMILES string of the molecule is Cc1nc(Cc2ccc(F)cc2)sc1C(=O)N1CCN(S(=O)(=O)/C=C/c2ccccc2)CC1. The first-order valence-corrected chi connectivity index (χ1v) is 12.9. The normalized spacial score (nSPS) is 15.3. The lowest BCUT2D eigenvalue weighted by Crippen LogP contribution is -2.50. The van der Waals surface area contributed by atoms with Gasteiger partial charge >= 0.3 is 0 Å². The Morgan fingerprint density at radius 1 is 1.06 bits per heavy atom. The Hall–Kier alpha value is -2.88. The van der Waals surface area contributed by atoms with Crippen LogP contribution in [0.1, 0.15) is 31.5 Å². The molecule has 0 aliphatic carbocycles. The molecule has 1 fully saturated rings. The van der Waals surface area contributed by atoms with Gasteiger partial charge in [0.1, 0.15) is 10.7 Å². The number of nitrogens with zero attached hydrogens (tertiary/aromatic N) is 3. The van der Waals surface area contributed by atoms with Crippen molar-refractivity contribution in [2.75, 3.05) is 26.2 Å². The first kappa shape index (κ1) is 23.3. The van der Waals surface area contributed by atoms with E-state index in [1.54, 1.807) is 30.0 Å². The molecule has 1 amide bonds. The van der Waals surface area contributed by atoms with Crippen molar-refractivity contribution < 1.29 is 17.6 Å². The molecule has 0 bridgehead atoms. The van der Waals surface area contributed by atoms with Crippen molar-refractivity contribution in [3.8, 4) is 0 Å². The van der Waals surface area contributed by atoms with Gasteiger partial charge in [0.25, 0.3) is 5.91 Å². The van der Waals surface area contributed by atoms with Crippen LogP contribution in [0, 0.1) is 12.7 Å². The average Bonchev–Trinajstić information content (AvgIpc) is 3.19. The number of rotatable bonds is 6. The number of carbonyl (C=O) groups excluding carboxylic acids is 1. The zero-order valence-electron chi connectivity index (χ0n) is 18.1. The minimum absolute atomic E-state index is 0.132. The van der Waals surface area contributed by atoms with Gasteiger partial charge in [0, 0.05) is 38.0 Å². The van der Waals surface area contributed by atoms with E-state index in [4.69, 9.17) is 0 Å². The van der Waals surface area contributed by atoms with Crippen molar-refractivity contribution in [2.45, 2.75) is 13.3 Å². The summed E-state index contributed by atoms with van der Waals surface area (Å²) in [5.41, 5.74) is 2.39. The van der Waals surface area contributed by atoms with Crippen LogP contribution in [0.3, 0.4) is 0 Å². The van der Waals surface area contributed by atoms with E-state index < -0.39 is 10.0 Å². The van der Waals surface area contributed by atoms with Crippen LogP contribution >= 0.6 is 11.3 Å². The number of benzene rings is 2. The minimum atomic E-state index is -3.56. The van der Waals surface area contributed by atoms with Gasteiger partial charge in [-0.1, -0.05) is 42.5 Å². The lowest BCUT2D eigenvalue weighted by Gasteiger charge is -2.33. The van der Waals surface area contributed by atoms with Gasteiger partial charge < -0.3 is 4.90 Å². The highest BCUT2D eigenvalue weighted by molar-refractivity contribution is 7.92. The van der Waals surface area contributed by atoms with Crippen molar-refractivity contribution in [1.82, 2.24) is 14.2 Å². The molecule has 0 spiro atoms. The van der Waals surface area contributed by atoms with Gasteiger partial charge in [0.2, 0.25) is 10.0 Å². The fraction of sp³-hybridized carbons (Fsp3) is 0.250. The zero-order valence-corrected chi connectivity index (χ0v) is 19.8. The summed E-state index contributed by atoms with van der Waals surface area (Å²) in [6.45, 7) is 2.93. The van der Waals surface area contributed by atoms with Gasteiger partial charge in [-0.25, -0.2) is 17.8 Å². The summed E-state index contributed by atoms with van der Waals surface area (Å²) >= 11 is 1.33. The van der Waals surface area contributed by atoms with E-state index in [2.05, 4.69) is 4.98 Å². The maximum absolute atomic E-state index is 13.1. The molecule has 33 heavy (non-hydrogen) atoms. The van der Waals surface area contributed by atoms with Crippen LogP contribution in [0.25, 0.3) is 6.08 Å². The average molecular weight is 486 g/mol. The molecule has 1 aliphatic heterocycles. The summed E-state index contributed by atoms with van der Waals surface area (Å²) in [5, 5.41) is 2.00. The Kier molecular flexibility index (Phi) is 7.02. The topological polar surface area (TPSA) is 70.6 Å². The van der Waals surface area contributed by atoms with E-state index in [0.29, 0.717) is 30.1 Å². The highest BCUT2D eigenvalue weighted by Gasteiger charge is 2.29. The van der Waals surface area contributed by atoms with E-state index in [-0.39, 0.29) is 24.8 Å². The molecule has 0 unspecified atom stereocenters. The number of sulfonamides is 1. The van der Waals surface area contributed by atoms with E-state index >= 15 is 0 Å². The molecule has 4 rings (SSSR count). The molecule has 6 nitrogen and oxygen atoms in total. The van der Waals surface area contributed by atoms with Gasteiger partial charge in [-0.15, -0.1) is 11.3 Å². The fourth-order valence-corrected chi connectivity index (χ4v) is 5.85. The number of carbonyl (C=O) groups is 1. The smallest absolute Gasteiger partial charge is 0.265 e. The molecule has 9 heteroatoms. The van der Waals surface area contributed by atoms with Crippen molar-refractivity contribution in [3.63, 3.8) is 0 Å². The third kappa shape index (κ3) is 5.73. The Morgan fingerprint density at radius 3 is 2.39 bits per heavy atom. The molecule has 1 aromatic heterocycles. The number of aromatic nitrogens is 1. The van der Waals surface area contributed by atoms with E-state index in [1.165, 1.54) is 33.2 Å². The maximum atomic E-state index is 13.1. The van der Waals surface area contributed by atoms with Gasteiger partial charge in [-0.2, -0.15) is 4.31 Å². The van der Waals surface area contributed by atoms with Crippen molar-refractivity contribution in [1.29, 1.82) is 0 Å². The number of hydrogen-bond acceptors (Lipinski definition) is 5. The summed E-state index contributed by atoms with van der Waals surface area (Å²) in [4.78, 5) is 19.8. The van der Waals surface area contributed by atoms with Crippen molar-refractivity contribution in [3.05, 3.63) is 92.5 Å². The molecule has 1 saturated heterocycles. The Bertz CT molecular complexity index is 1250. The quantitative estimate of drug-likeness (QED) is 0.530. The molecular weight excluding hydrogens is 461 g/mol. The van der Waals surface area contributed by atoms with Gasteiger partial charge in [-0.3, -0.25) is 4.79 Å². The molecule has 0 N–H and O–H groups in total. The molecule has 0 radical (unpaired) electrons. The monoisotopic (exact) mass is 485 g/mol. The third-order valence-electron chi connectivity index (χ3n) is 5.42. The third-order valence-corrected chi connectivity index (χ3v) is 8.13. The van der Waals surface area contributed by atoms with Crippen LogP contribution in [-0.2, 0) is 16.4 Å². The summed E-state index contributed by atoms with van der Waals surface area (Å²) in [6.07, 6.45) is 2.11. The lowest BCUT2D eigenvalue weighted by molar-refractivity contribution is 0.0702. The van der Waals surface area contributed by atoms with Crippen LogP contribution in [-0.4, -0.2) is 54.7 Å². The molecule has 2 heterocycles. The van der Waals surface area contributed by atoms with Crippen LogP contribution < -0.4 is 0 Å². The van der Waals surface area contributed by atoms with Crippen LogP contribution in [0.4, 0.5) is 4.39 Å². The van der Waals surface area contributed by atoms with E-state index in [9.17, 15) is 17.6 Å². The summed E-state index contributed by atoms with van der Waals surface area (Å²) in [6, 6.07) is 15.5. The fourth-order valence-electron chi connectivity index (χ4n) is 3.61. The molecule has 2 aromatic carbocycles. The second-order valence-corrected chi connectivity index (χ2v) is 10.7. The molecular formula is C24H24FN3O3S2. The molecule has 172 valence electrons. The highest BCUT2D eigenvalue weighted by atomic mass is 32.2. The number of thiazole rings is 1.